The number of aromatic nitrogens is 5. The first-order valence-electron chi connectivity index (χ1n) is 13.5. The molecule has 0 aliphatic carbocycles. The Morgan fingerprint density at radius 1 is 0.840 bits per heavy atom. The Bertz CT molecular complexity index is 1680. The van der Waals surface area contributed by atoms with Crippen molar-refractivity contribution in [1.29, 1.82) is 0 Å². The van der Waals surface area contributed by atoms with Gasteiger partial charge >= 0.3 is 36.4 Å². The highest BCUT2D eigenvalue weighted by Crippen LogP contribution is 2.28. The molecule has 5 rings (SSSR count). The van der Waals surface area contributed by atoms with Gasteiger partial charge in [-0.2, -0.15) is 44.6 Å². The molecule has 272 valence electrons. The van der Waals surface area contributed by atoms with Gasteiger partial charge in [0.1, 0.15) is 0 Å². The molecule has 0 amide bonds. The van der Waals surface area contributed by atoms with Crippen molar-refractivity contribution >= 4 is 23.6 Å². The molecule has 3 N–H and O–H groups in total. The normalized spacial score (nSPS) is 14.6. The van der Waals surface area contributed by atoms with Gasteiger partial charge in [0.05, 0.1) is 7.11 Å². The first-order chi connectivity index (χ1) is 23.1. The molecule has 0 bridgehead atoms. The minimum absolute atomic E-state index is 0.333. The van der Waals surface area contributed by atoms with E-state index in [-0.39, 0.29) is 0 Å². The number of alkyl halides is 9. The molecule has 0 saturated carbocycles. The van der Waals surface area contributed by atoms with Crippen LogP contribution in [0.5, 0.6) is 5.88 Å². The lowest BCUT2D eigenvalue weighted by atomic mass is 10.1. The fourth-order valence-corrected chi connectivity index (χ4v) is 3.93. The minimum Gasteiger partial charge on any atom is -0.481 e. The van der Waals surface area contributed by atoms with Crippen LogP contribution >= 0.6 is 0 Å². The third kappa shape index (κ3) is 12.8. The Labute approximate surface area is 274 Å². The van der Waals surface area contributed by atoms with E-state index in [0.29, 0.717) is 11.8 Å². The number of hydrogen-bond donors (Lipinski definition) is 3. The molecule has 1 aliphatic heterocycles. The number of methoxy groups -OCH3 is 1. The summed E-state index contributed by atoms with van der Waals surface area (Å²) in [5.41, 5.74) is 4.14. The van der Waals surface area contributed by atoms with Crippen molar-refractivity contribution in [3.05, 3.63) is 72.6 Å². The molecule has 4 aromatic heterocycles. The molecule has 5 heterocycles. The van der Waals surface area contributed by atoms with Gasteiger partial charge in [-0.05, 0) is 37.2 Å². The molecule has 1 atom stereocenters. The van der Waals surface area contributed by atoms with Gasteiger partial charge < -0.3 is 20.1 Å². The van der Waals surface area contributed by atoms with Crippen LogP contribution in [0.25, 0.3) is 16.8 Å². The Morgan fingerprint density at radius 3 is 1.90 bits per heavy atom. The molecular weight excluding hydrogens is 703 g/mol. The predicted molar refractivity (Wildman–Crippen MR) is 151 cm³/mol. The summed E-state index contributed by atoms with van der Waals surface area (Å²) in [4.78, 5) is 42.4. The van der Waals surface area contributed by atoms with Gasteiger partial charge in [-0.3, -0.25) is 9.88 Å². The second-order valence-electron chi connectivity index (χ2n) is 9.73. The van der Waals surface area contributed by atoms with E-state index in [1.807, 2.05) is 41.2 Å². The lowest BCUT2D eigenvalue weighted by Gasteiger charge is -2.16. The van der Waals surface area contributed by atoms with E-state index in [2.05, 4.69) is 27.0 Å². The number of ether oxygens (including phenoxy) is 1. The number of halogens is 9. The Balaban J connectivity index is 0.000000338. The number of carboxylic acids is 3. The number of aliphatic carboxylic acids is 3. The molecular formula is C28H25F9N6O7. The van der Waals surface area contributed by atoms with Gasteiger partial charge in [0, 0.05) is 60.5 Å². The Morgan fingerprint density at radius 2 is 1.40 bits per heavy atom. The second kappa shape index (κ2) is 17.2. The van der Waals surface area contributed by atoms with Gasteiger partial charge in [0.25, 0.3) is 0 Å². The third-order valence-electron chi connectivity index (χ3n) is 6.14. The van der Waals surface area contributed by atoms with Crippen LogP contribution in [0, 0.1) is 0 Å². The van der Waals surface area contributed by atoms with Gasteiger partial charge in [-0.25, -0.2) is 28.9 Å². The SMILES string of the molecule is COc1ncccc1CN1CCC(c2nc3ccc(-c4cccnc4)cn3n2)C1.O=C(O)C(F)(F)F.O=C(O)C(F)(F)F.O=C(O)C(F)(F)F. The zero-order chi connectivity index (χ0) is 37.9. The lowest BCUT2D eigenvalue weighted by Crippen LogP contribution is -2.21. The number of carbonyl (C=O) groups is 3. The van der Waals surface area contributed by atoms with Crippen molar-refractivity contribution in [3.63, 3.8) is 0 Å². The van der Waals surface area contributed by atoms with Crippen LogP contribution in [0.3, 0.4) is 0 Å². The average molecular weight is 729 g/mol. The van der Waals surface area contributed by atoms with Crippen molar-refractivity contribution < 1.29 is 74.0 Å². The van der Waals surface area contributed by atoms with E-state index in [4.69, 9.17) is 44.5 Å². The summed E-state index contributed by atoms with van der Waals surface area (Å²) in [7, 11) is 1.67. The predicted octanol–water partition coefficient (Wildman–Crippen LogP) is 5.08. The quantitative estimate of drug-likeness (QED) is 0.232. The summed E-state index contributed by atoms with van der Waals surface area (Å²) in [5.74, 6) is -6.33. The van der Waals surface area contributed by atoms with Crippen LogP contribution in [-0.2, 0) is 20.9 Å². The Hall–Kier alpha value is -5.54. The molecule has 1 saturated heterocycles. The lowest BCUT2D eigenvalue weighted by molar-refractivity contribution is -0.193. The zero-order valence-electron chi connectivity index (χ0n) is 25.2. The van der Waals surface area contributed by atoms with Gasteiger partial charge in [0.2, 0.25) is 5.88 Å². The summed E-state index contributed by atoms with van der Waals surface area (Å²) in [6, 6.07) is 12.1. The highest BCUT2D eigenvalue weighted by molar-refractivity contribution is 5.73. The molecule has 0 spiro atoms. The topological polar surface area (TPSA) is 180 Å². The van der Waals surface area contributed by atoms with Crippen LogP contribution in [0.15, 0.2) is 61.2 Å². The number of fused-ring (bicyclic) bond motifs is 1. The minimum atomic E-state index is -5.08. The van der Waals surface area contributed by atoms with E-state index in [0.717, 1.165) is 54.2 Å². The molecule has 1 fully saturated rings. The van der Waals surface area contributed by atoms with Gasteiger partial charge in [-0.1, -0.05) is 12.1 Å². The maximum Gasteiger partial charge on any atom is 0.490 e. The van der Waals surface area contributed by atoms with Gasteiger partial charge in [-0.15, -0.1) is 0 Å². The molecule has 0 radical (unpaired) electrons. The summed E-state index contributed by atoms with van der Waals surface area (Å²) in [6.07, 6.45) is -6.77. The third-order valence-corrected chi connectivity index (χ3v) is 6.14. The molecule has 4 aromatic rings. The standard InChI is InChI=1S/C22H22N6O.3C2HF3O2/c1-29-22-19(5-3-10-24-22)14-27-11-8-18(13-27)21-25-20-7-6-17(15-28(20)26-21)16-4-2-9-23-12-16;3*3-2(4,5)1(6)7/h2-7,9-10,12,15,18H,8,11,13-14H2,1H3;3*(H,6,7). The van der Waals surface area contributed by atoms with Crippen LogP contribution < -0.4 is 4.74 Å². The molecule has 50 heavy (non-hydrogen) atoms. The zero-order valence-corrected chi connectivity index (χ0v) is 25.2. The van der Waals surface area contributed by atoms with Crippen molar-refractivity contribution in [2.24, 2.45) is 0 Å². The molecule has 0 aromatic carbocycles. The van der Waals surface area contributed by atoms with E-state index >= 15 is 0 Å². The van der Waals surface area contributed by atoms with E-state index in [9.17, 15) is 39.5 Å². The summed E-state index contributed by atoms with van der Waals surface area (Å²) in [5, 5.41) is 26.2. The summed E-state index contributed by atoms with van der Waals surface area (Å²) < 4.78 is 102. The number of pyridine rings is 3. The average Bonchev–Trinajstić information content (AvgIpc) is 3.68. The number of likely N-dealkylation sites (tertiary alicyclic amines) is 1. The number of nitrogens with zero attached hydrogens (tertiary/aromatic N) is 6. The first kappa shape index (κ1) is 40.6. The van der Waals surface area contributed by atoms with Crippen LogP contribution in [-0.4, -0.2) is 101 Å². The van der Waals surface area contributed by atoms with Crippen molar-refractivity contribution in [1.82, 2.24) is 29.5 Å². The maximum absolute atomic E-state index is 10.6. The van der Waals surface area contributed by atoms with Crippen molar-refractivity contribution in [2.45, 2.75) is 37.4 Å². The maximum atomic E-state index is 10.6. The second-order valence-corrected chi connectivity index (χ2v) is 9.73. The summed E-state index contributed by atoms with van der Waals surface area (Å²) in [6.45, 7) is 2.77. The Kier molecular flexibility index (Phi) is 14.0. The number of rotatable bonds is 5. The van der Waals surface area contributed by atoms with Crippen LogP contribution in [0.4, 0.5) is 39.5 Å². The highest BCUT2D eigenvalue weighted by atomic mass is 19.4. The largest absolute Gasteiger partial charge is 0.490 e. The van der Waals surface area contributed by atoms with E-state index < -0.39 is 36.4 Å². The number of hydrogen-bond acceptors (Lipinski definition) is 9. The molecule has 13 nitrogen and oxygen atoms in total. The number of carboxylic acid groups (broad SMARTS) is 3. The summed E-state index contributed by atoms with van der Waals surface area (Å²) >= 11 is 0. The molecule has 1 unspecified atom stereocenters. The van der Waals surface area contributed by atoms with Crippen molar-refractivity contribution in [3.8, 4) is 17.0 Å². The first-order valence-corrected chi connectivity index (χ1v) is 13.5. The van der Waals surface area contributed by atoms with Crippen molar-refractivity contribution in [2.75, 3.05) is 20.2 Å². The highest BCUT2D eigenvalue weighted by Gasteiger charge is 2.39. The fraction of sp³-hybridized carbons (Fsp3) is 0.321. The molecule has 1 aliphatic rings. The fourth-order valence-electron chi connectivity index (χ4n) is 3.93. The van der Waals surface area contributed by atoms with E-state index in [1.54, 1.807) is 19.5 Å². The van der Waals surface area contributed by atoms with E-state index in [1.165, 1.54) is 0 Å². The molecule has 22 heteroatoms. The monoisotopic (exact) mass is 728 g/mol. The van der Waals surface area contributed by atoms with Crippen LogP contribution in [0.2, 0.25) is 0 Å². The van der Waals surface area contributed by atoms with Gasteiger partial charge in [0.15, 0.2) is 11.5 Å². The van der Waals surface area contributed by atoms with Crippen LogP contribution in [0.1, 0.15) is 23.7 Å². The smallest absolute Gasteiger partial charge is 0.481 e.